The minimum absolute atomic E-state index is 0.125. The lowest BCUT2D eigenvalue weighted by molar-refractivity contribution is -0.118. The number of carboxylic acid groups (broad SMARTS) is 1. The highest BCUT2D eigenvalue weighted by molar-refractivity contribution is 6.31. The number of carboxylic acids is 1. The number of benzene rings is 3. The third kappa shape index (κ3) is 6.32. The van der Waals surface area contributed by atoms with E-state index >= 15 is 0 Å². The summed E-state index contributed by atoms with van der Waals surface area (Å²) in [5.74, 6) is -0.152. The van der Waals surface area contributed by atoms with Gasteiger partial charge in [-0.05, 0) is 48.9 Å². The summed E-state index contributed by atoms with van der Waals surface area (Å²) in [5, 5.41) is 15.5. The molecule has 3 aromatic carbocycles. The molecule has 0 aromatic heterocycles. The van der Waals surface area contributed by atoms with E-state index in [0.717, 1.165) is 5.56 Å². The van der Waals surface area contributed by atoms with E-state index in [1.54, 1.807) is 18.2 Å². The predicted molar refractivity (Wildman–Crippen MR) is 131 cm³/mol. The Balaban J connectivity index is 1.68. The average molecular weight is 485 g/mol. The summed E-state index contributed by atoms with van der Waals surface area (Å²) in [6, 6.07) is 15.2. The monoisotopic (exact) mass is 484 g/mol. The Kier molecular flexibility index (Phi) is 8.21. The minimum Gasteiger partial charge on any atom is -0.495 e. The fourth-order valence-electron chi connectivity index (χ4n) is 3.13. The van der Waals surface area contributed by atoms with Gasteiger partial charge in [-0.15, -0.1) is 0 Å². The van der Waals surface area contributed by atoms with Crippen molar-refractivity contribution in [2.75, 3.05) is 31.5 Å². The molecule has 0 aliphatic rings. The molecule has 3 aromatic rings. The lowest BCUT2D eigenvalue weighted by atomic mass is 10.1. The lowest BCUT2D eigenvalue weighted by Crippen LogP contribution is -2.20. The van der Waals surface area contributed by atoms with Crippen LogP contribution < -0.4 is 24.8 Å². The van der Waals surface area contributed by atoms with Crippen LogP contribution in [0.3, 0.4) is 0 Å². The van der Waals surface area contributed by atoms with Crippen molar-refractivity contribution in [3.63, 3.8) is 0 Å². The summed E-state index contributed by atoms with van der Waals surface area (Å²) in [6.45, 7) is 2.01. The Morgan fingerprint density at radius 1 is 0.941 bits per heavy atom. The second-order valence-corrected chi connectivity index (χ2v) is 7.78. The molecule has 1 amide bonds. The largest absolute Gasteiger partial charge is 0.495 e. The molecule has 0 radical (unpaired) electrons. The molecule has 0 fully saturated rings. The minimum atomic E-state index is -1.04. The van der Waals surface area contributed by atoms with Crippen molar-refractivity contribution in [2.45, 2.75) is 13.5 Å². The van der Waals surface area contributed by atoms with Gasteiger partial charge >= 0.3 is 5.97 Å². The fraction of sp³-hybridized carbons (Fsp3) is 0.200. The lowest BCUT2D eigenvalue weighted by Gasteiger charge is -2.16. The van der Waals surface area contributed by atoms with Crippen LogP contribution in [0.2, 0.25) is 5.02 Å². The summed E-state index contributed by atoms with van der Waals surface area (Å²) in [4.78, 5) is 23.5. The van der Waals surface area contributed by atoms with Gasteiger partial charge in [0.25, 0.3) is 5.91 Å². The maximum Gasteiger partial charge on any atom is 0.335 e. The van der Waals surface area contributed by atoms with Crippen LogP contribution in [0.25, 0.3) is 0 Å². The second kappa shape index (κ2) is 11.3. The number of hydrogen-bond donors (Lipinski definition) is 3. The highest BCUT2D eigenvalue weighted by Gasteiger charge is 2.14. The third-order valence-electron chi connectivity index (χ3n) is 4.94. The first-order valence-electron chi connectivity index (χ1n) is 10.3. The number of hydrogen-bond acceptors (Lipinski definition) is 6. The van der Waals surface area contributed by atoms with Gasteiger partial charge in [-0.3, -0.25) is 4.79 Å². The molecular formula is C25H25ClN2O6. The summed E-state index contributed by atoms with van der Waals surface area (Å²) >= 11 is 6.44. The Morgan fingerprint density at radius 3 is 2.29 bits per heavy atom. The number of rotatable bonds is 10. The van der Waals surface area contributed by atoms with Crippen molar-refractivity contribution in [3.8, 4) is 17.2 Å². The smallest absolute Gasteiger partial charge is 0.335 e. The number of methoxy groups -OCH3 is 2. The van der Waals surface area contributed by atoms with Gasteiger partial charge in [0.2, 0.25) is 0 Å². The highest BCUT2D eigenvalue weighted by Crippen LogP contribution is 2.34. The Labute approximate surface area is 202 Å². The summed E-state index contributed by atoms with van der Waals surface area (Å²) < 4.78 is 16.3. The zero-order valence-electron chi connectivity index (χ0n) is 19.0. The van der Waals surface area contributed by atoms with E-state index in [4.69, 9.17) is 25.8 Å². The molecule has 8 nitrogen and oxygen atoms in total. The van der Waals surface area contributed by atoms with Gasteiger partial charge in [0.15, 0.2) is 18.1 Å². The Morgan fingerprint density at radius 2 is 1.65 bits per heavy atom. The zero-order valence-corrected chi connectivity index (χ0v) is 19.7. The Bertz CT molecular complexity index is 1180. The molecule has 34 heavy (non-hydrogen) atoms. The van der Waals surface area contributed by atoms with Gasteiger partial charge in [0, 0.05) is 23.3 Å². The number of ether oxygens (including phenoxy) is 3. The van der Waals surface area contributed by atoms with Crippen LogP contribution in [0, 0.1) is 6.92 Å². The summed E-state index contributed by atoms with van der Waals surface area (Å²) in [7, 11) is 2.98. The number of anilines is 2. The van der Waals surface area contributed by atoms with Gasteiger partial charge in [0.1, 0.15) is 5.75 Å². The number of halogens is 1. The van der Waals surface area contributed by atoms with Crippen molar-refractivity contribution < 1.29 is 28.9 Å². The molecule has 9 heteroatoms. The first kappa shape index (κ1) is 24.7. The normalized spacial score (nSPS) is 10.4. The number of aromatic carboxylic acids is 1. The summed E-state index contributed by atoms with van der Waals surface area (Å²) in [5.41, 5.74) is 3.08. The topological polar surface area (TPSA) is 106 Å². The molecule has 0 bridgehead atoms. The molecule has 178 valence electrons. The molecule has 0 unspecified atom stereocenters. The van der Waals surface area contributed by atoms with Gasteiger partial charge in [-0.1, -0.05) is 29.3 Å². The Hall–Kier alpha value is -3.91. The fourth-order valence-corrected chi connectivity index (χ4v) is 3.35. The van der Waals surface area contributed by atoms with E-state index in [1.165, 1.54) is 26.4 Å². The predicted octanol–water partition coefficient (Wildman–Crippen LogP) is 4.99. The molecule has 0 saturated heterocycles. The number of nitrogens with one attached hydrogen (secondary N) is 2. The van der Waals surface area contributed by atoms with E-state index < -0.39 is 5.97 Å². The molecule has 0 spiro atoms. The van der Waals surface area contributed by atoms with E-state index in [9.17, 15) is 14.7 Å². The standard InChI is InChI=1S/C25H25ClN2O6/c1-15-4-7-18(8-5-15)28-24(29)14-34-23-12-19(26)17(11-22(23)33-3)13-27-20-10-16(25(30)31)6-9-21(20)32-2/h4-12,27H,13-14H2,1-3H3,(H,28,29)(H,30,31). The number of aryl methyl sites for hydroxylation is 1. The molecule has 0 heterocycles. The van der Waals surface area contributed by atoms with Gasteiger partial charge in [-0.2, -0.15) is 0 Å². The van der Waals surface area contributed by atoms with Crippen molar-refractivity contribution in [1.82, 2.24) is 0 Å². The van der Waals surface area contributed by atoms with Crippen molar-refractivity contribution in [2.24, 2.45) is 0 Å². The van der Waals surface area contributed by atoms with Gasteiger partial charge < -0.3 is 30.0 Å². The maximum atomic E-state index is 12.2. The first-order chi connectivity index (χ1) is 16.3. The van der Waals surface area contributed by atoms with E-state index in [2.05, 4.69) is 10.6 Å². The molecule has 0 aliphatic carbocycles. The quantitative estimate of drug-likeness (QED) is 0.372. The number of amides is 1. The zero-order chi connectivity index (χ0) is 24.7. The van der Waals surface area contributed by atoms with Crippen molar-refractivity contribution >= 4 is 34.9 Å². The highest BCUT2D eigenvalue weighted by atomic mass is 35.5. The number of carbonyl (C=O) groups excluding carboxylic acids is 1. The van der Waals surface area contributed by atoms with Crippen LogP contribution in [0.5, 0.6) is 17.2 Å². The third-order valence-corrected chi connectivity index (χ3v) is 5.29. The van der Waals surface area contributed by atoms with Crippen molar-refractivity contribution in [3.05, 3.63) is 76.3 Å². The molecule has 3 rings (SSSR count). The van der Waals surface area contributed by atoms with Crippen LogP contribution in [0.15, 0.2) is 54.6 Å². The second-order valence-electron chi connectivity index (χ2n) is 7.37. The van der Waals surface area contributed by atoms with E-state index in [0.29, 0.717) is 39.2 Å². The summed E-state index contributed by atoms with van der Waals surface area (Å²) in [6.07, 6.45) is 0. The molecule has 0 saturated carbocycles. The SMILES string of the molecule is COc1ccc(C(=O)O)cc1NCc1cc(OC)c(OCC(=O)Nc2ccc(C)cc2)cc1Cl. The van der Waals surface area contributed by atoms with Crippen LogP contribution in [0.4, 0.5) is 11.4 Å². The number of carbonyl (C=O) groups is 2. The van der Waals surface area contributed by atoms with Gasteiger partial charge in [-0.25, -0.2) is 4.79 Å². The molecule has 0 atom stereocenters. The van der Waals surface area contributed by atoms with Crippen LogP contribution >= 0.6 is 11.6 Å². The molecule has 3 N–H and O–H groups in total. The van der Waals surface area contributed by atoms with Crippen LogP contribution in [-0.2, 0) is 11.3 Å². The van der Waals surface area contributed by atoms with E-state index in [-0.39, 0.29) is 24.6 Å². The molecule has 0 aliphatic heterocycles. The van der Waals surface area contributed by atoms with Gasteiger partial charge in [0.05, 0.1) is 25.5 Å². The van der Waals surface area contributed by atoms with Crippen LogP contribution in [0.1, 0.15) is 21.5 Å². The first-order valence-corrected chi connectivity index (χ1v) is 10.7. The maximum absolute atomic E-state index is 12.2. The molecular weight excluding hydrogens is 460 g/mol. The van der Waals surface area contributed by atoms with E-state index in [1.807, 2.05) is 31.2 Å². The average Bonchev–Trinajstić information content (AvgIpc) is 2.83. The van der Waals surface area contributed by atoms with Crippen LogP contribution in [-0.4, -0.2) is 37.8 Å². The van der Waals surface area contributed by atoms with Crippen molar-refractivity contribution in [1.29, 1.82) is 0 Å².